The average Bonchev–Trinajstić information content (AvgIpc) is 2.40. The summed E-state index contributed by atoms with van der Waals surface area (Å²) in [7, 11) is -3.81. The van der Waals surface area contributed by atoms with Crippen LogP contribution in [0.2, 0.25) is 0 Å². The van der Waals surface area contributed by atoms with E-state index in [1.807, 2.05) is 6.92 Å². The van der Waals surface area contributed by atoms with Crippen LogP contribution >= 0.6 is 31.9 Å². The maximum atomic E-state index is 14.0. The van der Waals surface area contributed by atoms with Gasteiger partial charge >= 0.3 is 0 Å². The smallest absolute Gasteiger partial charge is 0.261 e. The monoisotopic (exact) mass is 421 g/mol. The molecule has 106 valence electrons. The van der Waals surface area contributed by atoms with Crippen LogP contribution in [0.1, 0.15) is 5.56 Å². The number of sulfonamides is 1. The first-order chi connectivity index (χ1) is 9.31. The molecule has 0 heterocycles. The predicted octanol–water partition coefficient (Wildman–Crippen LogP) is 4.46. The Balaban J connectivity index is 2.38. The molecule has 0 amide bonds. The number of halogens is 3. The topological polar surface area (TPSA) is 46.2 Å². The highest BCUT2D eigenvalue weighted by molar-refractivity contribution is 9.13. The molecule has 0 unspecified atom stereocenters. The van der Waals surface area contributed by atoms with Gasteiger partial charge in [-0.1, -0.05) is 17.7 Å². The Labute approximate surface area is 133 Å². The number of hydrogen-bond donors (Lipinski definition) is 1. The second-order valence-electron chi connectivity index (χ2n) is 4.14. The first-order valence-corrected chi connectivity index (χ1v) is 8.61. The molecular weight excluding hydrogens is 413 g/mol. The van der Waals surface area contributed by atoms with Crippen LogP contribution in [0.3, 0.4) is 0 Å². The zero-order chi connectivity index (χ0) is 14.9. The third-order valence-electron chi connectivity index (χ3n) is 2.61. The van der Waals surface area contributed by atoms with E-state index in [0.29, 0.717) is 4.47 Å². The van der Waals surface area contributed by atoms with Crippen molar-refractivity contribution in [2.24, 2.45) is 0 Å². The quantitative estimate of drug-likeness (QED) is 0.742. The lowest BCUT2D eigenvalue weighted by atomic mass is 10.2. The zero-order valence-electron chi connectivity index (χ0n) is 10.3. The molecule has 0 aliphatic rings. The molecular formula is C13H10Br2FNO2S. The van der Waals surface area contributed by atoms with Gasteiger partial charge < -0.3 is 0 Å². The molecule has 0 bridgehead atoms. The van der Waals surface area contributed by atoms with E-state index in [9.17, 15) is 12.8 Å². The van der Waals surface area contributed by atoms with E-state index < -0.39 is 15.8 Å². The maximum Gasteiger partial charge on any atom is 0.261 e. The van der Waals surface area contributed by atoms with Gasteiger partial charge in [-0.25, -0.2) is 12.8 Å². The van der Waals surface area contributed by atoms with Gasteiger partial charge in [-0.15, -0.1) is 0 Å². The number of anilines is 1. The van der Waals surface area contributed by atoms with Crippen molar-refractivity contribution in [2.75, 3.05) is 4.72 Å². The minimum Gasteiger partial charge on any atom is -0.277 e. The molecule has 0 saturated heterocycles. The van der Waals surface area contributed by atoms with Gasteiger partial charge in [-0.3, -0.25) is 4.72 Å². The Morgan fingerprint density at radius 2 is 1.65 bits per heavy atom. The van der Waals surface area contributed by atoms with Crippen molar-refractivity contribution in [1.29, 1.82) is 0 Å². The standard InChI is InChI=1S/C13H10Br2FNO2S/c1-8-2-4-9(5-3-8)20(18,19)17-11-7-6-10(14)12(15)13(11)16/h2-7,17H,1H3. The highest BCUT2D eigenvalue weighted by Crippen LogP contribution is 2.31. The summed E-state index contributed by atoms with van der Waals surface area (Å²) < 4.78 is 41.2. The summed E-state index contributed by atoms with van der Waals surface area (Å²) in [6.45, 7) is 1.86. The van der Waals surface area contributed by atoms with Crippen molar-refractivity contribution in [2.45, 2.75) is 11.8 Å². The van der Waals surface area contributed by atoms with Gasteiger partial charge in [0, 0.05) is 4.47 Å². The Hall–Kier alpha value is -0.920. The first kappa shape index (κ1) is 15.5. The number of nitrogens with one attached hydrogen (secondary N) is 1. The minimum absolute atomic E-state index is 0.0848. The van der Waals surface area contributed by atoms with E-state index in [1.165, 1.54) is 18.2 Å². The molecule has 0 fully saturated rings. The number of aryl methyl sites for hydroxylation is 1. The van der Waals surface area contributed by atoms with E-state index in [2.05, 4.69) is 36.6 Å². The molecule has 2 aromatic carbocycles. The van der Waals surface area contributed by atoms with Gasteiger partial charge in [0.2, 0.25) is 0 Å². The van der Waals surface area contributed by atoms with Crippen molar-refractivity contribution >= 4 is 47.6 Å². The third kappa shape index (κ3) is 3.21. The Morgan fingerprint density at radius 3 is 2.25 bits per heavy atom. The summed E-state index contributed by atoms with van der Waals surface area (Å²) >= 11 is 6.20. The zero-order valence-corrected chi connectivity index (χ0v) is 14.3. The van der Waals surface area contributed by atoms with Crippen LogP contribution in [-0.2, 0) is 10.0 Å². The van der Waals surface area contributed by atoms with Crippen molar-refractivity contribution in [3.8, 4) is 0 Å². The van der Waals surface area contributed by atoms with Gasteiger partial charge in [-0.2, -0.15) is 0 Å². The molecule has 3 nitrogen and oxygen atoms in total. The van der Waals surface area contributed by atoms with Crippen LogP contribution < -0.4 is 4.72 Å². The summed E-state index contributed by atoms with van der Waals surface area (Å²) in [5.41, 5.74) is 0.835. The van der Waals surface area contributed by atoms with Gasteiger partial charge in [0.05, 0.1) is 15.1 Å². The van der Waals surface area contributed by atoms with E-state index in [-0.39, 0.29) is 15.1 Å². The molecule has 1 N–H and O–H groups in total. The van der Waals surface area contributed by atoms with Crippen LogP contribution in [0.4, 0.5) is 10.1 Å². The van der Waals surface area contributed by atoms with Crippen molar-refractivity contribution in [1.82, 2.24) is 0 Å². The molecule has 0 radical (unpaired) electrons. The average molecular weight is 423 g/mol. The molecule has 7 heteroatoms. The first-order valence-electron chi connectivity index (χ1n) is 5.54. The number of rotatable bonds is 3. The second-order valence-corrected chi connectivity index (χ2v) is 7.47. The Bertz CT molecular complexity index is 746. The van der Waals surface area contributed by atoms with Crippen LogP contribution in [0.25, 0.3) is 0 Å². The van der Waals surface area contributed by atoms with E-state index >= 15 is 0 Å². The molecule has 20 heavy (non-hydrogen) atoms. The highest BCUT2D eigenvalue weighted by Gasteiger charge is 2.18. The molecule has 0 atom stereocenters. The molecule has 2 aromatic rings. The molecule has 0 spiro atoms. The Kier molecular flexibility index (Phi) is 4.51. The SMILES string of the molecule is Cc1ccc(S(=O)(=O)Nc2ccc(Br)c(Br)c2F)cc1. The predicted molar refractivity (Wildman–Crippen MR) is 83.8 cm³/mol. The van der Waals surface area contributed by atoms with Crippen molar-refractivity contribution < 1.29 is 12.8 Å². The van der Waals surface area contributed by atoms with Crippen LogP contribution in [0.5, 0.6) is 0 Å². The highest BCUT2D eigenvalue weighted by atomic mass is 79.9. The minimum atomic E-state index is -3.81. The lowest BCUT2D eigenvalue weighted by Crippen LogP contribution is -2.14. The second kappa shape index (κ2) is 5.83. The van der Waals surface area contributed by atoms with Crippen molar-refractivity contribution in [3.05, 3.63) is 56.7 Å². The summed E-state index contributed by atoms with van der Waals surface area (Å²) in [4.78, 5) is 0.0848. The summed E-state index contributed by atoms with van der Waals surface area (Å²) in [6.07, 6.45) is 0. The van der Waals surface area contributed by atoms with Crippen LogP contribution in [0, 0.1) is 12.7 Å². The van der Waals surface area contributed by atoms with Crippen LogP contribution in [0.15, 0.2) is 50.2 Å². The summed E-state index contributed by atoms with van der Waals surface area (Å²) in [5, 5.41) is 0. The third-order valence-corrected chi connectivity index (χ3v) is 5.96. The lowest BCUT2D eigenvalue weighted by Gasteiger charge is -2.10. The van der Waals surface area contributed by atoms with E-state index in [0.717, 1.165) is 5.56 Å². The van der Waals surface area contributed by atoms with Gasteiger partial charge in [0.25, 0.3) is 10.0 Å². The largest absolute Gasteiger partial charge is 0.277 e. The number of hydrogen-bond acceptors (Lipinski definition) is 2. The van der Waals surface area contributed by atoms with Crippen LogP contribution in [-0.4, -0.2) is 8.42 Å². The number of benzene rings is 2. The lowest BCUT2D eigenvalue weighted by molar-refractivity contribution is 0.598. The molecule has 0 aliphatic carbocycles. The molecule has 0 aliphatic heterocycles. The Morgan fingerprint density at radius 1 is 1.05 bits per heavy atom. The normalized spacial score (nSPS) is 11.4. The van der Waals surface area contributed by atoms with Gasteiger partial charge in [0.15, 0.2) is 5.82 Å². The molecule has 2 rings (SSSR count). The van der Waals surface area contributed by atoms with E-state index in [1.54, 1.807) is 18.2 Å². The molecule has 0 saturated carbocycles. The van der Waals surface area contributed by atoms with E-state index in [4.69, 9.17) is 0 Å². The maximum absolute atomic E-state index is 14.0. The van der Waals surface area contributed by atoms with Gasteiger partial charge in [0.1, 0.15) is 0 Å². The van der Waals surface area contributed by atoms with Gasteiger partial charge in [-0.05, 0) is 63.0 Å². The summed E-state index contributed by atoms with van der Waals surface area (Å²) in [5.74, 6) is -0.671. The van der Waals surface area contributed by atoms with Crippen molar-refractivity contribution in [3.63, 3.8) is 0 Å². The fourth-order valence-corrected chi connectivity index (χ4v) is 3.24. The fraction of sp³-hybridized carbons (Fsp3) is 0.0769. The fourth-order valence-electron chi connectivity index (χ4n) is 1.53. The molecule has 0 aromatic heterocycles. The summed E-state index contributed by atoms with van der Waals surface area (Å²) in [6, 6.07) is 9.23.